The third-order valence-corrected chi connectivity index (χ3v) is 3.79. The second-order valence-electron chi connectivity index (χ2n) is 4.55. The Hall–Kier alpha value is -1.02. The van der Waals surface area contributed by atoms with Gasteiger partial charge in [0.2, 0.25) is 0 Å². The quantitative estimate of drug-likeness (QED) is 0.757. The molecule has 2 nitrogen and oxygen atoms in total. The summed E-state index contributed by atoms with van der Waals surface area (Å²) in [6.45, 7) is 3.34. The number of ether oxygens (including phenoxy) is 1. The van der Waals surface area contributed by atoms with Crippen LogP contribution in [-0.4, -0.2) is 12.1 Å². The molecule has 1 aromatic carbocycles. The van der Waals surface area contributed by atoms with Crippen LogP contribution in [0, 0.1) is 0 Å². The van der Waals surface area contributed by atoms with Crippen LogP contribution in [0.15, 0.2) is 24.3 Å². The number of hydrogen-bond acceptors (Lipinski definition) is 2. The predicted octanol–water partition coefficient (Wildman–Crippen LogP) is 2.65. The minimum Gasteiger partial charge on any atom is -0.485 e. The topological polar surface area (TPSA) is 21.3 Å². The normalized spacial score (nSPS) is 33.0. The first kappa shape index (κ1) is 9.22. The summed E-state index contributed by atoms with van der Waals surface area (Å²) in [7, 11) is 0. The molecule has 0 spiro atoms. The molecule has 0 saturated carbocycles. The van der Waals surface area contributed by atoms with Gasteiger partial charge in [-0.3, -0.25) is 0 Å². The van der Waals surface area contributed by atoms with Gasteiger partial charge in [-0.05, 0) is 31.9 Å². The van der Waals surface area contributed by atoms with Crippen LogP contribution in [0.4, 0.5) is 0 Å². The maximum Gasteiger partial charge on any atom is 0.128 e. The highest BCUT2D eigenvalue weighted by atomic mass is 16.5. The molecule has 2 atom stereocenters. The first-order valence-corrected chi connectivity index (χ1v) is 5.87. The second kappa shape index (κ2) is 3.24. The summed E-state index contributed by atoms with van der Waals surface area (Å²) in [4.78, 5) is 0. The third kappa shape index (κ3) is 1.21. The van der Waals surface area contributed by atoms with E-state index in [1.807, 2.05) is 0 Å². The van der Waals surface area contributed by atoms with Gasteiger partial charge in [0.05, 0.1) is 6.04 Å². The average molecular weight is 203 g/mol. The molecule has 1 N–H and O–H groups in total. The number of fused-ring (bicyclic) bond motifs is 3. The molecule has 3 rings (SSSR count). The summed E-state index contributed by atoms with van der Waals surface area (Å²) >= 11 is 0. The van der Waals surface area contributed by atoms with Crippen molar-refractivity contribution in [1.82, 2.24) is 5.32 Å². The highest BCUT2D eigenvalue weighted by Gasteiger charge is 2.48. The van der Waals surface area contributed by atoms with Gasteiger partial charge in [0.1, 0.15) is 11.4 Å². The third-order valence-electron chi connectivity index (χ3n) is 3.79. The molecule has 2 heterocycles. The van der Waals surface area contributed by atoms with E-state index in [4.69, 9.17) is 4.74 Å². The highest BCUT2D eigenvalue weighted by molar-refractivity contribution is 5.43. The van der Waals surface area contributed by atoms with Crippen LogP contribution in [0.25, 0.3) is 0 Å². The lowest BCUT2D eigenvalue weighted by Gasteiger charge is -2.38. The standard InChI is InChI=1S/C13H17NO/c1-2-13-8-5-9-14-12(13)10-6-3-4-7-11(10)15-13/h3-4,6-7,12,14H,2,5,8-9H2,1H3/t12-,13-/m1/s1. The Morgan fingerprint density at radius 2 is 2.33 bits per heavy atom. The summed E-state index contributed by atoms with van der Waals surface area (Å²) in [5, 5.41) is 3.60. The predicted molar refractivity (Wildman–Crippen MR) is 60.1 cm³/mol. The van der Waals surface area contributed by atoms with E-state index in [9.17, 15) is 0 Å². The molecule has 2 heteroatoms. The van der Waals surface area contributed by atoms with Crippen molar-refractivity contribution in [2.45, 2.75) is 37.8 Å². The van der Waals surface area contributed by atoms with E-state index in [1.165, 1.54) is 18.4 Å². The number of benzene rings is 1. The summed E-state index contributed by atoms with van der Waals surface area (Å²) < 4.78 is 6.19. The van der Waals surface area contributed by atoms with Crippen molar-refractivity contribution in [3.63, 3.8) is 0 Å². The van der Waals surface area contributed by atoms with Gasteiger partial charge in [0.15, 0.2) is 0 Å². The lowest BCUT2D eigenvalue weighted by molar-refractivity contribution is 0.0245. The van der Waals surface area contributed by atoms with E-state index < -0.39 is 0 Å². The molecule has 0 aromatic heterocycles. The van der Waals surface area contributed by atoms with E-state index in [-0.39, 0.29) is 5.60 Å². The average Bonchev–Trinajstić information content (AvgIpc) is 2.64. The van der Waals surface area contributed by atoms with Crippen LogP contribution in [0.3, 0.4) is 0 Å². The van der Waals surface area contributed by atoms with Crippen LogP contribution in [-0.2, 0) is 0 Å². The van der Waals surface area contributed by atoms with Crippen LogP contribution in [0.5, 0.6) is 5.75 Å². The summed E-state index contributed by atoms with van der Waals surface area (Å²) in [6.07, 6.45) is 3.48. The number of nitrogens with one attached hydrogen (secondary N) is 1. The molecule has 0 aliphatic carbocycles. The first-order chi connectivity index (χ1) is 7.36. The fourth-order valence-corrected chi connectivity index (χ4v) is 2.95. The van der Waals surface area contributed by atoms with Crippen LogP contribution < -0.4 is 10.1 Å². The summed E-state index contributed by atoms with van der Waals surface area (Å²) in [5.74, 6) is 1.08. The van der Waals surface area contributed by atoms with Crippen molar-refractivity contribution in [3.8, 4) is 5.75 Å². The SMILES string of the molecule is CC[C@@]12CCCN[C@@H]1c1ccccc1O2. The fraction of sp³-hybridized carbons (Fsp3) is 0.538. The molecule has 15 heavy (non-hydrogen) atoms. The van der Waals surface area contributed by atoms with Gasteiger partial charge in [0, 0.05) is 5.56 Å². The van der Waals surface area contributed by atoms with Crippen LogP contribution in [0.1, 0.15) is 37.8 Å². The molecule has 0 unspecified atom stereocenters. The Morgan fingerprint density at radius 1 is 1.47 bits per heavy atom. The Bertz CT molecular complexity index is 377. The lowest BCUT2D eigenvalue weighted by atomic mass is 9.82. The molecule has 0 bridgehead atoms. The highest BCUT2D eigenvalue weighted by Crippen LogP contribution is 2.48. The molecule has 2 aliphatic heterocycles. The molecule has 1 fully saturated rings. The minimum atomic E-state index is 0.0297. The number of rotatable bonds is 1. The summed E-state index contributed by atoms with van der Waals surface area (Å²) in [6, 6.07) is 8.85. The number of piperidine rings is 1. The van der Waals surface area contributed by atoms with Gasteiger partial charge < -0.3 is 10.1 Å². The first-order valence-electron chi connectivity index (χ1n) is 5.87. The number of para-hydroxylation sites is 1. The van der Waals surface area contributed by atoms with Gasteiger partial charge in [-0.25, -0.2) is 0 Å². The smallest absolute Gasteiger partial charge is 0.128 e. The minimum absolute atomic E-state index is 0.0297. The zero-order chi connectivity index (χ0) is 10.3. The maximum atomic E-state index is 6.19. The van der Waals surface area contributed by atoms with Gasteiger partial charge >= 0.3 is 0 Å². The lowest BCUT2D eigenvalue weighted by Crippen LogP contribution is -2.48. The Balaban J connectivity index is 2.06. The van der Waals surface area contributed by atoms with Crippen molar-refractivity contribution in [2.75, 3.05) is 6.54 Å². The van der Waals surface area contributed by atoms with E-state index >= 15 is 0 Å². The monoisotopic (exact) mass is 203 g/mol. The summed E-state index contributed by atoms with van der Waals surface area (Å²) in [5.41, 5.74) is 1.38. The van der Waals surface area contributed by atoms with Crippen molar-refractivity contribution < 1.29 is 4.74 Å². The van der Waals surface area contributed by atoms with Crippen molar-refractivity contribution >= 4 is 0 Å². The van der Waals surface area contributed by atoms with E-state index in [2.05, 4.69) is 36.5 Å². The van der Waals surface area contributed by atoms with Crippen LogP contribution in [0.2, 0.25) is 0 Å². The Morgan fingerprint density at radius 3 is 3.20 bits per heavy atom. The fourth-order valence-electron chi connectivity index (χ4n) is 2.95. The van der Waals surface area contributed by atoms with Gasteiger partial charge in [-0.2, -0.15) is 0 Å². The van der Waals surface area contributed by atoms with Crippen molar-refractivity contribution in [3.05, 3.63) is 29.8 Å². The van der Waals surface area contributed by atoms with E-state index in [0.29, 0.717) is 6.04 Å². The van der Waals surface area contributed by atoms with E-state index in [0.717, 1.165) is 18.7 Å². The van der Waals surface area contributed by atoms with Crippen molar-refractivity contribution in [1.29, 1.82) is 0 Å². The molecular formula is C13H17NO. The number of hydrogen-bond donors (Lipinski definition) is 1. The zero-order valence-electron chi connectivity index (χ0n) is 9.12. The van der Waals surface area contributed by atoms with Gasteiger partial charge in [-0.1, -0.05) is 25.1 Å². The molecule has 0 amide bonds. The van der Waals surface area contributed by atoms with Gasteiger partial charge in [0.25, 0.3) is 0 Å². The largest absolute Gasteiger partial charge is 0.485 e. The van der Waals surface area contributed by atoms with Crippen LogP contribution >= 0.6 is 0 Å². The van der Waals surface area contributed by atoms with E-state index in [1.54, 1.807) is 0 Å². The molecule has 80 valence electrons. The molecule has 2 aliphatic rings. The Kier molecular flexibility index (Phi) is 1.99. The van der Waals surface area contributed by atoms with Gasteiger partial charge in [-0.15, -0.1) is 0 Å². The second-order valence-corrected chi connectivity index (χ2v) is 4.55. The Labute approximate surface area is 90.6 Å². The zero-order valence-corrected chi connectivity index (χ0v) is 9.12. The molecule has 1 aromatic rings. The van der Waals surface area contributed by atoms with Crippen molar-refractivity contribution in [2.24, 2.45) is 0 Å². The molecule has 0 radical (unpaired) electrons. The maximum absolute atomic E-state index is 6.19. The molecule has 1 saturated heterocycles. The molecular weight excluding hydrogens is 186 g/mol.